The van der Waals surface area contributed by atoms with E-state index in [-0.39, 0.29) is 17.1 Å². The molecule has 1 aliphatic heterocycles. The molecule has 0 N–H and O–H groups in total. The summed E-state index contributed by atoms with van der Waals surface area (Å²) in [4.78, 5) is 19.0. The lowest BCUT2D eigenvalue weighted by molar-refractivity contribution is -0.113. The smallest absolute Gasteiger partial charge is 0.266 e. The number of nitrogens with zero attached hydrogens (tertiary/aromatic N) is 2. The Bertz CT molecular complexity index is 1170. The van der Waals surface area contributed by atoms with Crippen LogP contribution in [0, 0.1) is 5.82 Å². The van der Waals surface area contributed by atoms with Crippen LogP contribution >= 0.6 is 34.8 Å². The lowest BCUT2D eigenvalue weighted by Gasteiger charge is -2.19. The highest BCUT2D eigenvalue weighted by Gasteiger charge is 2.33. The fraction of sp³-hybridized carbons (Fsp3) is 0. The van der Waals surface area contributed by atoms with Gasteiger partial charge in [-0.2, -0.15) is 0 Å². The Labute approximate surface area is 181 Å². The summed E-state index contributed by atoms with van der Waals surface area (Å²) in [6.07, 6.45) is 1.55. The van der Waals surface area contributed by atoms with Crippen LogP contribution in [0.5, 0.6) is 0 Å². The second-order valence-electron chi connectivity index (χ2n) is 6.23. The summed E-state index contributed by atoms with van der Waals surface area (Å²) in [6.45, 7) is 0. The first-order chi connectivity index (χ1) is 13.9. The molecule has 1 aliphatic rings. The second-order valence-corrected chi connectivity index (χ2v) is 7.51. The van der Waals surface area contributed by atoms with Crippen molar-refractivity contribution in [1.29, 1.82) is 0 Å². The number of aliphatic imine (C=N–C) groups is 1. The third-order valence-electron chi connectivity index (χ3n) is 4.31. The van der Waals surface area contributed by atoms with Gasteiger partial charge in [0.2, 0.25) is 0 Å². The molecule has 3 aromatic carbocycles. The zero-order valence-electron chi connectivity index (χ0n) is 14.7. The van der Waals surface area contributed by atoms with Crippen molar-refractivity contribution in [3.63, 3.8) is 0 Å². The second kappa shape index (κ2) is 7.99. The number of anilines is 1. The Morgan fingerprint density at radius 1 is 0.897 bits per heavy atom. The predicted octanol–water partition coefficient (Wildman–Crippen LogP) is 6.62. The average molecular weight is 446 g/mol. The fourth-order valence-electron chi connectivity index (χ4n) is 2.94. The van der Waals surface area contributed by atoms with E-state index in [1.807, 2.05) is 0 Å². The molecule has 4 rings (SSSR count). The SMILES string of the molecule is O=C1/C(=C\c2ccc(Cl)cc2Cl)N=C(c2ccccc2F)N1c1ccc(Cl)cc1. The number of carbonyl (C=O) groups excluding carboxylic acids is 1. The lowest BCUT2D eigenvalue weighted by Crippen LogP contribution is -2.33. The number of amidine groups is 1. The monoisotopic (exact) mass is 444 g/mol. The van der Waals surface area contributed by atoms with Gasteiger partial charge in [-0.05, 0) is 60.2 Å². The summed E-state index contributed by atoms with van der Waals surface area (Å²) >= 11 is 18.1. The number of amides is 1. The van der Waals surface area contributed by atoms with Crippen LogP contribution in [0.25, 0.3) is 6.08 Å². The minimum Gasteiger partial charge on any atom is -0.266 e. The molecule has 0 saturated heterocycles. The molecule has 0 saturated carbocycles. The van der Waals surface area contributed by atoms with E-state index in [9.17, 15) is 9.18 Å². The molecule has 3 nitrogen and oxygen atoms in total. The number of hydrogen-bond acceptors (Lipinski definition) is 2. The fourth-order valence-corrected chi connectivity index (χ4v) is 3.52. The van der Waals surface area contributed by atoms with Crippen LogP contribution < -0.4 is 4.90 Å². The highest BCUT2D eigenvalue weighted by molar-refractivity contribution is 6.36. The maximum atomic E-state index is 14.5. The van der Waals surface area contributed by atoms with E-state index in [4.69, 9.17) is 34.8 Å². The largest absolute Gasteiger partial charge is 0.282 e. The molecule has 0 spiro atoms. The van der Waals surface area contributed by atoms with Crippen molar-refractivity contribution in [2.24, 2.45) is 4.99 Å². The van der Waals surface area contributed by atoms with Crippen molar-refractivity contribution in [2.75, 3.05) is 4.90 Å². The number of carbonyl (C=O) groups is 1. The third-order valence-corrected chi connectivity index (χ3v) is 5.13. The van der Waals surface area contributed by atoms with Gasteiger partial charge in [0, 0.05) is 15.1 Å². The Hall–Kier alpha value is -2.66. The van der Waals surface area contributed by atoms with Crippen LogP contribution in [-0.2, 0) is 4.79 Å². The van der Waals surface area contributed by atoms with Crippen LogP contribution in [-0.4, -0.2) is 11.7 Å². The van der Waals surface area contributed by atoms with E-state index < -0.39 is 11.7 Å². The molecule has 0 fully saturated rings. The molecule has 144 valence electrons. The summed E-state index contributed by atoms with van der Waals surface area (Å²) in [5.74, 6) is -0.702. The molecule has 7 heteroatoms. The topological polar surface area (TPSA) is 32.7 Å². The van der Waals surface area contributed by atoms with Gasteiger partial charge in [-0.15, -0.1) is 0 Å². The maximum Gasteiger partial charge on any atom is 0.282 e. The van der Waals surface area contributed by atoms with E-state index in [0.29, 0.717) is 26.3 Å². The molecule has 0 bridgehead atoms. The highest BCUT2D eigenvalue weighted by atomic mass is 35.5. The molecule has 29 heavy (non-hydrogen) atoms. The van der Waals surface area contributed by atoms with Crippen LogP contribution in [0.1, 0.15) is 11.1 Å². The molecule has 0 atom stereocenters. The van der Waals surface area contributed by atoms with Crippen LogP contribution in [0.2, 0.25) is 15.1 Å². The number of benzene rings is 3. The normalized spacial score (nSPS) is 15.2. The Kier molecular flexibility index (Phi) is 5.41. The molecular formula is C22H12Cl3FN2O. The predicted molar refractivity (Wildman–Crippen MR) is 116 cm³/mol. The van der Waals surface area contributed by atoms with Gasteiger partial charge in [-0.25, -0.2) is 9.38 Å². The number of halogens is 4. The summed E-state index contributed by atoms with van der Waals surface area (Å²) in [5, 5.41) is 1.38. The van der Waals surface area contributed by atoms with Gasteiger partial charge in [0.05, 0.1) is 11.3 Å². The molecule has 0 aliphatic carbocycles. The van der Waals surface area contributed by atoms with Gasteiger partial charge in [-0.1, -0.05) is 53.0 Å². The van der Waals surface area contributed by atoms with Crippen molar-refractivity contribution >= 4 is 58.3 Å². The summed E-state index contributed by atoms with van der Waals surface area (Å²) in [5.41, 5.74) is 1.44. The van der Waals surface area contributed by atoms with Crippen LogP contribution in [0.4, 0.5) is 10.1 Å². The van der Waals surface area contributed by atoms with Gasteiger partial charge in [0.1, 0.15) is 11.5 Å². The van der Waals surface area contributed by atoms with Gasteiger partial charge < -0.3 is 0 Å². The van der Waals surface area contributed by atoms with Crippen molar-refractivity contribution in [2.45, 2.75) is 0 Å². The Balaban J connectivity index is 1.86. The minimum atomic E-state index is -0.483. The van der Waals surface area contributed by atoms with Crippen molar-refractivity contribution in [1.82, 2.24) is 0 Å². The Morgan fingerprint density at radius 3 is 2.28 bits per heavy atom. The average Bonchev–Trinajstić information content (AvgIpc) is 3.01. The first-order valence-electron chi connectivity index (χ1n) is 8.54. The van der Waals surface area contributed by atoms with Gasteiger partial charge >= 0.3 is 0 Å². The molecule has 0 radical (unpaired) electrons. The van der Waals surface area contributed by atoms with Crippen molar-refractivity contribution in [3.05, 3.63) is 104 Å². The summed E-state index contributed by atoms with van der Waals surface area (Å²) in [7, 11) is 0. The molecule has 3 aromatic rings. The van der Waals surface area contributed by atoms with Gasteiger partial charge in [-0.3, -0.25) is 9.69 Å². The molecule has 1 amide bonds. The minimum absolute atomic E-state index is 0.127. The molecule has 0 unspecified atom stereocenters. The third kappa shape index (κ3) is 3.92. The van der Waals surface area contributed by atoms with Gasteiger partial charge in [0.15, 0.2) is 5.84 Å². The van der Waals surface area contributed by atoms with Crippen LogP contribution in [0.15, 0.2) is 77.4 Å². The summed E-state index contributed by atoms with van der Waals surface area (Å²) in [6, 6.07) is 17.7. The lowest BCUT2D eigenvalue weighted by atomic mass is 10.1. The number of rotatable bonds is 3. The Morgan fingerprint density at radius 2 is 1.59 bits per heavy atom. The zero-order chi connectivity index (χ0) is 20.5. The first kappa shape index (κ1) is 19.6. The highest BCUT2D eigenvalue weighted by Crippen LogP contribution is 2.31. The van der Waals surface area contributed by atoms with E-state index in [2.05, 4.69) is 4.99 Å². The molecular weight excluding hydrogens is 434 g/mol. The zero-order valence-corrected chi connectivity index (χ0v) is 17.0. The quantitative estimate of drug-likeness (QED) is 0.417. The van der Waals surface area contributed by atoms with E-state index in [0.717, 1.165) is 0 Å². The summed E-state index contributed by atoms with van der Waals surface area (Å²) < 4.78 is 14.5. The first-order valence-corrected chi connectivity index (χ1v) is 9.68. The van der Waals surface area contributed by atoms with E-state index >= 15 is 0 Å². The number of hydrogen-bond donors (Lipinski definition) is 0. The van der Waals surface area contributed by atoms with Gasteiger partial charge in [0.25, 0.3) is 5.91 Å². The van der Waals surface area contributed by atoms with E-state index in [1.54, 1.807) is 66.7 Å². The maximum absolute atomic E-state index is 14.5. The van der Waals surface area contributed by atoms with Crippen LogP contribution in [0.3, 0.4) is 0 Å². The van der Waals surface area contributed by atoms with Crippen molar-refractivity contribution < 1.29 is 9.18 Å². The standard InChI is InChI=1S/C22H12Cl3FN2O/c23-14-7-9-16(10-8-14)28-21(17-3-1-2-4-19(17)26)27-20(22(28)29)11-13-5-6-15(24)12-18(13)25/h1-12H/b20-11+. The van der Waals surface area contributed by atoms with E-state index in [1.165, 1.54) is 11.0 Å². The molecule has 1 heterocycles. The van der Waals surface area contributed by atoms with Crippen molar-refractivity contribution in [3.8, 4) is 0 Å². The molecule has 0 aromatic heterocycles.